The SMILES string of the molecule is CSC(C)CNS(=O)(=O)c1sc(N)nc1C. The number of thiazole rings is 1. The number of nitrogen functional groups attached to an aromatic ring is 1. The van der Waals surface area contributed by atoms with E-state index < -0.39 is 10.0 Å². The lowest BCUT2D eigenvalue weighted by Crippen LogP contribution is -2.29. The molecule has 1 unspecified atom stereocenters. The number of nitrogens with zero attached hydrogens (tertiary/aromatic N) is 1. The second kappa shape index (κ2) is 5.35. The van der Waals surface area contributed by atoms with E-state index in [1.165, 1.54) is 0 Å². The van der Waals surface area contributed by atoms with E-state index in [0.717, 1.165) is 11.3 Å². The maximum atomic E-state index is 11.9. The lowest BCUT2D eigenvalue weighted by Gasteiger charge is -2.09. The van der Waals surface area contributed by atoms with Crippen LogP contribution in [0, 0.1) is 6.92 Å². The summed E-state index contributed by atoms with van der Waals surface area (Å²) in [4.78, 5) is 3.90. The highest BCUT2D eigenvalue weighted by Crippen LogP contribution is 2.24. The molecule has 0 aliphatic rings. The van der Waals surface area contributed by atoms with Gasteiger partial charge in [0.1, 0.15) is 0 Å². The van der Waals surface area contributed by atoms with Crippen molar-refractivity contribution in [2.45, 2.75) is 23.3 Å². The molecule has 16 heavy (non-hydrogen) atoms. The van der Waals surface area contributed by atoms with Gasteiger partial charge in [-0.25, -0.2) is 18.1 Å². The largest absolute Gasteiger partial charge is 0.375 e. The molecule has 3 N–H and O–H groups in total. The summed E-state index contributed by atoms with van der Waals surface area (Å²) in [7, 11) is -3.46. The van der Waals surface area contributed by atoms with Crippen molar-refractivity contribution >= 4 is 38.3 Å². The Morgan fingerprint density at radius 2 is 2.25 bits per heavy atom. The second-order valence-electron chi connectivity index (χ2n) is 3.32. The lowest BCUT2D eigenvalue weighted by atomic mass is 10.5. The molecule has 5 nitrogen and oxygen atoms in total. The van der Waals surface area contributed by atoms with Crippen LogP contribution < -0.4 is 10.5 Å². The topological polar surface area (TPSA) is 85.1 Å². The summed E-state index contributed by atoms with van der Waals surface area (Å²) < 4.78 is 26.5. The maximum absolute atomic E-state index is 11.9. The fourth-order valence-corrected chi connectivity index (χ4v) is 3.86. The molecule has 0 aromatic carbocycles. The number of rotatable bonds is 5. The predicted octanol–water partition coefficient (Wildman–Crippen LogP) is 1.06. The molecule has 0 bridgehead atoms. The van der Waals surface area contributed by atoms with Crippen molar-refractivity contribution in [3.63, 3.8) is 0 Å². The lowest BCUT2D eigenvalue weighted by molar-refractivity contribution is 0.583. The number of hydrogen-bond acceptors (Lipinski definition) is 6. The molecular formula is C8H15N3O2S3. The molecule has 0 aliphatic heterocycles. The van der Waals surface area contributed by atoms with Gasteiger partial charge in [-0.1, -0.05) is 18.3 Å². The molecule has 0 saturated carbocycles. The van der Waals surface area contributed by atoms with Crippen LogP contribution in [0.2, 0.25) is 0 Å². The fraction of sp³-hybridized carbons (Fsp3) is 0.625. The zero-order chi connectivity index (χ0) is 12.3. The molecule has 0 fully saturated rings. The summed E-state index contributed by atoms with van der Waals surface area (Å²) in [6.07, 6.45) is 1.94. The smallest absolute Gasteiger partial charge is 0.252 e. The van der Waals surface area contributed by atoms with Gasteiger partial charge in [-0.05, 0) is 13.2 Å². The van der Waals surface area contributed by atoms with Gasteiger partial charge >= 0.3 is 0 Å². The number of anilines is 1. The molecule has 1 rings (SSSR count). The van der Waals surface area contributed by atoms with Gasteiger partial charge in [-0.3, -0.25) is 0 Å². The first-order valence-electron chi connectivity index (χ1n) is 4.62. The Bertz CT molecular complexity index is 455. The van der Waals surface area contributed by atoms with Crippen LogP contribution in [0.3, 0.4) is 0 Å². The van der Waals surface area contributed by atoms with Crippen molar-refractivity contribution in [2.75, 3.05) is 18.5 Å². The first-order chi connectivity index (χ1) is 7.36. The number of aryl methyl sites for hydroxylation is 1. The minimum Gasteiger partial charge on any atom is -0.375 e. The monoisotopic (exact) mass is 281 g/mol. The highest BCUT2D eigenvalue weighted by molar-refractivity contribution is 7.99. The highest BCUT2D eigenvalue weighted by Gasteiger charge is 2.21. The van der Waals surface area contributed by atoms with Gasteiger partial charge in [0.25, 0.3) is 10.0 Å². The molecule has 92 valence electrons. The molecule has 1 heterocycles. The number of aromatic nitrogens is 1. The molecular weight excluding hydrogens is 266 g/mol. The van der Waals surface area contributed by atoms with Gasteiger partial charge in [0.15, 0.2) is 9.34 Å². The number of thioether (sulfide) groups is 1. The van der Waals surface area contributed by atoms with E-state index in [1.54, 1.807) is 18.7 Å². The third-order valence-electron chi connectivity index (χ3n) is 1.98. The van der Waals surface area contributed by atoms with Crippen molar-refractivity contribution in [1.82, 2.24) is 9.71 Å². The summed E-state index contributed by atoms with van der Waals surface area (Å²) in [5.74, 6) is 0. The third kappa shape index (κ3) is 3.34. The summed E-state index contributed by atoms with van der Waals surface area (Å²) >= 11 is 2.60. The van der Waals surface area contributed by atoms with Crippen LogP contribution in [-0.2, 0) is 10.0 Å². The molecule has 0 aliphatic carbocycles. The van der Waals surface area contributed by atoms with Crippen molar-refractivity contribution in [2.24, 2.45) is 0 Å². The molecule has 0 spiro atoms. The summed E-state index contributed by atoms with van der Waals surface area (Å²) in [6, 6.07) is 0. The van der Waals surface area contributed by atoms with E-state index in [1.807, 2.05) is 13.2 Å². The van der Waals surface area contributed by atoms with Gasteiger partial charge in [-0.2, -0.15) is 11.8 Å². The van der Waals surface area contributed by atoms with Gasteiger partial charge < -0.3 is 5.73 Å². The Balaban J connectivity index is 2.82. The second-order valence-corrected chi connectivity index (χ2v) is 7.59. The van der Waals surface area contributed by atoms with Crippen LogP contribution in [-0.4, -0.2) is 31.5 Å². The summed E-state index contributed by atoms with van der Waals surface area (Å²) in [5.41, 5.74) is 5.92. The van der Waals surface area contributed by atoms with Gasteiger partial charge in [0, 0.05) is 11.8 Å². The van der Waals surface area contributed by atoms with E-state index in [-0.39, 0.29) is 14.6 Å². The van der Waals surface area contributed by atoms with Gasteiger partial charge in [-0.15, -0.1) is 0 Å². The average molecular weight is 281 g/mol. The molecule has 0 saturated heterocycles. The van der Waals surface area contributed by atoms with Crippen LogP contribution in [0.15, 0.2) is 4.21 Å². The Hall–Kier alpha value is -0.310. The van der Waals surface area contributed by atoms with E-state index in [0.29, 0.717) is 12.2 Å². The Morgan fingerprint density at radius 3 is 2.69 bits per heavy atom. The fourth-order valence-electron chi connectivity index (χ4n) is 1.03. The van der Waals surface area contributed by atoms with Crippen molar-refractivity contribution in [1.29, 1.82) is 0 Å². The zero-order valence-electron chi connectivity index (χ0n) is 9.35. The van der Waals surface area contributed by atoms with Crippen LogP contribution in [0.5, 0.6) is 0 Å². The standard InChI is InChI=1S/C8H15N3O2S3/c1-5(14-3)4-10-16(12,13)7-6(2)11-8(9)15-7/h5,10H,4H2,1-3H3,(H2,9,11). The highest BCUT2D eigenvalue weighted by atomic mass is 32.2. The van der Waals surface area contributed by atoms with E-state index in [4.69, 9.17) is 5.73 Å². The average Bonchev–Trinajstić information content (AvgIpc) is 2.55. The molecule has 0 amide bonds. The van der Waals surface area contributed by atoms with E-state index in [2.05, 4.69) is 9.71 Å². The van der Waals surface area contributed by atoms with Crippen LogP contribution in [0.4, 0.5) is 5.13 Å². The van der Waals surface area contributed by atoms with Crippen LogP contribution >= 0.6 is 23.1 Å². The van der Waals surface area contributed by atoms with Gasteiger partial charge in [0.2, 0.25) is 0 Å². The molecule has 1 aromatic heterocycles. The molecule has 1 atom stereocenters. The first-order valence-corrected chi connectivity index (χ1v) is 8.21. The predicted molar refractivity (Wildman–Crippen MR) is 69.4 cm³/mol. The maximum Gasteiger partial charge on any atom is 0.252 e. The van der Waals surface area contributed by atoms with Gasteiger partial charge in [0.05, 0.1) is 5.69 Å². The molecule has 0 radical (unpaired) electrons. The normalized spacial score (nSPS) is 13.9. The molecule has 8 heteroatoms. The zero-order valence-corrected chi connectivity index (χ0v) is 11.8. The van der Waals surface area contributed by atoms with Crippen LogP contribution in [0.1, 0.15) is 12.6 Å². The number of sulfonamides is 1. The van der Waals surface area contributed by atoms with E-state index in [9.17, 15) is 8.42 Å². The van der Waals surface area contributed by atoms with Crippen molar-refractivity contribution in [3.8, 4) is 0 Å². The number of hydrogen-bond donors (Lipinski definition) is 2. The number of nitrogens with two attached hydrogens (primary N) is 1. The molecule has 1 aromatic rings. The Labute approximate surface area is 104 Å². The summed E-state index contributed by atoms with van der Waals surface area (Å²) in [5, 5.41) is 0.510. The first kappa shape index (κ1) is 13.8. The summed E-state index contributed by atoms with van der Waals surface area (Å²) in [6.45, 7) is 4.00. The Morgan fingerprint density at radius 1 is 1.62 bits per heavy atom. The third-order valence-corrected chi connectivity index (χ3v) is 5.97. The minimum absolute atomic E-state index is 0.207. The van der Waals surface area contributed by atoms with Crippen LogP contribution in [0.25, 0.3) is 0 Å². The quantitative estimate of drug-likeness (QED) is 0.843. The van der Waals surface area contributed by atoms with Crippen molar-refractivity contribution in [3.05, 3.63) is 5.69 Å². The van der Waals surface area contributed by atoms with E-state index >= 15 is 0 Å². The van der Waals surface area contributed by atoms with Crippen molar-refractivity contribution < 1.29 is 8.42 Å². The Kier molecular flexibility index (Phi) is 4.60. The number of nitrogens with one attached hydrogen (secondary N) is 1. The minimum atomic E-state index is -3.46.